The summed E-state index contributed by atoms with van der Waals surface area (Å²) in [5, 5.41) is 1.96. The van der Waals surface area contributed by atoms with Gasteiger partial charge in [-0.1, -0.05) is 37.0 Å². The van der Waals surface area contributed by atoms with Crippen molar-refractivity contribution < 1.29 is 18.4 Å². The molecule has 5 rings (SSSR count). The molecular formula is C25H24N2O4S3. The van der Waals surface area contributed by atoms with Gasteiger partial charge in [0.05, 0.1) is 24.3 Å². The van der Waals surface area contributed by atoms with Crippen molar-refractivity contribution in [3.8, 4) is 0 Å². The Morgan fingerprint density at radius 1 is 1.24 bits per heavy atom. The second-order valence-corrected chi connectivity index (χ2v) is 11.2. The molecule has 34 heavy (non-hydrogen) atoms. The van der Waals surface area contributed by atoms with Gasteiger partial charge in [0.25, 0.3) is 5.91 Å². The van der Waals surface area contributed by atoms with Gasteiger partial charge in [0.15, 0.2) is 0 Å². The molecule has 2 amide bonds. The van der Waals surface area contributed by atoms with E-state index in [4.69, 9.17) is 21.1 Å². The minimum atomic E-state index is -0.150. The number of thiophene rings is 1. The molecule has 176 valence electrons. The summed E-state index contributed by atoms with van der Waals surface area (Å²) in [6.45, 7) is 3.13. The second kappa shape index (κ2) is 9.93. The van der Waals surface area contributed by atoms with Crippen molar-refractivity contribution in [3.05, 3.63) is 75.1 Å². The van der Waals surface area contributed by atoms with Crippen LogP contribution in [0.3, 0.4) is 0 Å². The van der Waals surface area contributed by atoms with E-state index in [0.717, 1.165) is 22.8 Å². The molecule has 4 heterocycles. The molecule has 3 aromatic rings. The molecule has 2 fully saturated rings. The summed E-state index contributed by atoms with van der Waals surface area (Å²) in [6.07, 6.45) is 4.75. The van der Waals surface area contributed by atoms with Crippen LogP contribution in [0.5, 0.6) is 0 Å². The van der Waals surface area contributed by atoms with Crippen molar-refractivity contribution in [2.24, 2.45) is 5.92 Å². The van der Waals surface area contributed by atoms with E-state index in [1.54, 1.807) is 28.6 Å². The first-order chi connectivity index (χ1) is 16.5. The normalized spacial score (nSPS) is 21.0. The first kappa shape index (κ1) is 23.1. The topological polar surface area (TPSA) is 66.9 Å². The van der Waals surface area contributed by atoms with Gasteiger partial charge in [-0.25, -0.2) is 0 Å². The fourth-order valence-electron chi connectivity index (χ4n) is 3.97. The minimum Gasteiger partial charge on any atom is -0.467 e. The highest BCUT2D eigenvalue weighted by molar-refractivity contribution is 8.26. The van der Waals surface area contributed by atoms with Crippen molar-refractivity contribution in [1.29, 1.82) is 0 Å². The number of carbonyl (C=O) groups excluding carboxylic acids is 2. The Bertz CT molecular complexity index is 1210. The molecule has 2 unspecified atom stereocenters. The van der Waals surface area contributed by atoms with Crippen LogP contribution in [0.1, 0.15) is 47.8 Å². The Morgan fingerprint density at radius 3 is 2.76 bits per heavy atom. The number of nitrogens with zero attached hydrogens (tertiary/aromatic N) is 2. The maximum Gasteiger partial charge on any atom is 0.266 e. The molecule has 0 bridgehead atoms. The molecule has 1 saturated carbocycles. The van der Waals surface area contributed by atoms with E-state index in [1.807, 2.05) is 41.8 Å². The first-order valence-electron chi connectivity index (χ1n) is 11.2. The van der Waals surface area contributed by atoms with Crippen LogP contribution in [0.4, 0.5) is 0 Å². The Morgan fingerprint density at radius 2 is 2.06 bits per heavy atom. The molecule has 2 atom stereocenters. The highest BCUT2D eigenvalue weighted by Crippen LogP contribution is 2.47. The third kappa shape index (κ3) is 5.21. The molecule has 1 saturated heterocycles. The monoisotopic (exact) mass is 512 g/mol. The maximum absolute atomic E-state index is 13.2. The van der Waals surface area contributed by atoms with Gasteiger partial charge in [-0.3, -0.25) is 14.5 Å². The zero-order valence-corrected chi connectivity index (χ0v) is 21.1. The van der Waals surface area contributed by atoms with Crippen LogP contribution in [-0.4, -0.2) is 32.5 Å². The van der Waals surface area contributed by atoms with Crippen LogP contribution in [0.15, 0.2) is 61.8 Å². The molecule has 3 aromatic heterocycles. The summed E-state index contributed by atoms with van der Waals surface area (Å²) in [4.78, 5) is 30.9. The number of thiocarbonyl (C=S) groups is 1. The molecule has 0 radical (unpaired) electrons. The van der Waals surface area contributed by atoms with E-state index >= 15 is 0 Å². The summed E-state index contributed by atoms with van der Waals surface area (Å²) < 4.78 is 12.0. The molecule has 2 aliphatic rings. The largest absolute Gasteiger partial charge is 0.467 e. The van der Waals surface area contributed by atoms with E-state index in [9.17, 15) is 9.59 Å². The van der Waals surface area contributed by atoms with Gasteiger partial charge < -0.3 is 13.7 Å². The van der Waals surface area contributed by atoms with Gasteiger partial charge in [0.2, 0.25) is 5.91 Å². The van der Waals surface area contributed by atoms with Gasteiger partial charge in [-0.05, 0) is 54.1 Å². The lowest BCUT2D eigenvalue weighted by atomic mass is 10.2. The third-order valence-electron chi connectivity index (χ3n) is 6.02. The predicted molar refractivity (Wildman–Crippen MR) is 137 cm³/mol. The number of hydrogen-bond donors (Lipinski definition) is 0. The Kier molecular flexibility index (Phi) is 6.76. The van der Waals surface area contributed by atoms with Crippen LogP contribution in [0.25, 0.3) is 6.08 Å². The zero-order valence-electron chi connectivity index (χ0n) is 18.6. The van der Waals surface area contributed by atoms with Crippen molar-refractivity contribution >= 4 is 57.5 Å². The van der Waals surface area contributed by atoms with Crippen molar-refractivity contribution in [3.63, 3.8) is 0 Å². The van der Waals surface area contributed by atoms with Gasteiger partial charge in [0.1, 0.15) is 21.6 Å². The predicted octanol–water partition coefficient (Wildman–Crippen LogP) is 5.88. The Hall–Kier alpha value is -2.62. The number of hydrogen-bond acceptors (Lipinski definition) is 7. The lowest BCUT2D eigenvalue weighted by Crippen LogP contribution is -2.35. The van der Waals surface area contributed by atoms with Crippen molar-refractivity contribution in [2.75, 3.05) is 6.54 Å². The fraction of sp³-hybridized carbons (Fsp3) is 0.320. The van der Waals surface area contributed by atoms with Crippen LogP contribution in [0, 0.1) is 5.92 Å². The Labute approximate surface area is 211 Å². The van der Waals surface area contributed by atoms with Crippen LogP contribution in [0.2, 0.25) is 0 Å². The smallest absolute Gasteiger partial charge is 0.266 e. The van der Waals surface area contributed by atoms with E-state index in [-0.39, 0.29) is 24.8 Å². The van der Waals surface area contributed by atoms with Crippen LogP contribution in [-0.2, 0) is 22.7 Å². The molecule has 6 nitrogen and oxygen atoms in total. The van der Waals surface area contributed by atoms with Gasteiger partial charge in [-0.15, -0.1) is 11.3 Å². The summed E-state index contributed by atoms with van der Waals surface area (Å²) in [5.41, 5.74) is 0. The van der Waals surface area contributed by atoms with Gasteiger partial charge in [0, 0.05) is 23.8 Å². The van der Waals surface area contributed by atoms with Gasteiger partial charge in [-0.2, -0.15) is 0 Å². The molecule has 1 aliphatic heterocycles. The number of carbonyl (C=O) groups is 2. The Balaban J connectivity index is 1.24. The SMILES string of the molecule is CC1CC1c1ccc(CN(Cc2ccco2)C(=O)CCN2C(=O)/C(=C/c3cccs3)SC2=S)o1. The third-order valence-corrected chi connectivity index (χ3v) is 8.22. The number of thioether (sulfide) groups is 1. The molecule has 0 spiro atoms. The molecule has 9 heteroatoms. The number of amides is 2. The standard InChI is InChI=1S/C25H24N2O4S3/c1-16-12-20(16)21-7-6-18(31-21)15-26(14-17-4-2-10-30-17)23(28)8-9-27-24(29)22(34-25(27)32)13-19-5-3-11-33-19/h2-7,10-11,13,16,20H,8-9,12,14-15H2,1H3/b22-13-. The zero-order chi connectivity index (χ0) is 23.7. The average molecular weight is 513 g/mol. The van der Waals surface area contributed by atoms with E-state index in [2.05, 4.69) is 6.92 Å². The quantitative estimate of drug-likeness (QED) is 0.264. The van der Waals surface area contributed by atoms with Crippen molar-refractivity contribution in [2.45, 2.75) is 38.8 Å². The number of rotatable bonds is 9. The molecule has 0 N–H and O–H groups in total. The summed E-state index contributed by atoms with van der Waals surface area (Å²) in [6, 6.07) is 11.5. The van der Waals surface area contributed by atoms with Crippen molar-refractivity contribution in [1.82, 2.24) is 9.80 Å². The lowest BCUT2D eigenvalue weighted by Gasteiger charge is -2.22. The van der Waals surface area contributed by atoms with Crippen LogP contribution >= 0.6 is 35.3 Å². The van der Waals surface area contributed by atoms with E-state index in [0.29, 0.717) is 39.9 Å². The highest BCUT2D eigenvalue weighted by Gasteiger charge is 2.37. The molecule has 0 aromatic carbocycles. The van der Waals surface area contributed by atoms with E-state index in [1.165, 1.54) is 16.7 Å². The second-order valence-electron chi connectivity index (χ2n) is 8.55. The fourth-order valence-corrected chi connectivity index (χ4v) is 6.00. The highest BCUT2D eigenvalue weighted by atomic mass is 32.2. The maximum atomic E-state index is 13.2. The van der Waals surface area contributed by atoms with Gasteiger partial charge >= 0.3 is 0 Å². The summed E-state index contributed by atoms with van der Waals surface area (Å²) in [7, 11) is 0. The lowest BCUT2D eigenvalue weighted by molar-refractivity contribution is -0.133. The summed E-state index contributed by atoms with van der Waals surface area (Å²) in [5.74, 6) is 3.33. The minimum absolute atomic E-state index is 0.0922. The average Bonchev–Trinajstić information content (AvgIpc) is 3.36. The van der Waals surface area contributed by atoms with Crippen LogP contribution < -0.4 is 0 Å². The number of furan rings is 2. The molecular weight excluding hydrogens is 488 g/mol. The molecule has 1 aliphatic carbocycles. The summed E-state index contributed by atoms with van der Waals surface area (Å²) >= 11 is 8.27. The van der Waals surface area contributed by atoms with E-state index < -0.39 is 0 Å². The first-order valence-corrected chi connectivity index (χ1v) is 13.3.